The molecular weight excluding hydrogens is 308 g/mol. The fraction of sp³-hybridized carbons (Fsp3) is 0.588. The van der Waals surface area contributed by atoms with Gasteiger partial charge in [-0.3, -0.25) is 4.79 Å². The quantitative estimate of drug-likeness (QED) is 0.790. The SMILES string of the molecule is O=C(Nc1ncccc1O)[C@H]1CCCN(C(=O)NC2CCCC2)C1. The molecule has 0 radical (unpaired) electrons. The lowest BCUT2D eigenvalue weighted by Crippen LogP contribution is -2.49. The molecule has 3 amide bonds. The molecule has 7 heteroatoms. The third-order valence-electron chi connectivity index (χ3n) is 4.79. The zero-order valence-corrected chi connectivity index (χ0v) is 13.7. The van der Waals surface area contributed by atoms with Crippen molar-refractivity contribution in [1.29, 1.82) is 0 Å². The maximum absolute atomic E-state index is 12.4. The molecule has 1 aliphatic carbocycles. The average molecular weight is 332 g/mol. The van der Waals surface area contributed by atoms with E-state index >= 15 is 0 Å². The summed E-state index contributed by atoms with van der Waals surface area (Å²) < 4.78 is 0. The standard InChI is InChI=1S/C17H24N4O3/c22-14-8-3-9-18-15(14)20-16(23)12-5-4-10-21(11-12)17(24)19-13-6-1-2-7-13/h3,8-9,12-13,22H,1-2,4-7,10-11H2,(H,19,24)(H,18,20,23)/t12-/m0/s1. The number of pyridine rings is 1. The van der Waals surface area contributed by atoms with Gasteiger partial charge in [0.25, 0.3) is 0 Å². The van der Waals surface area contributed by atoms with Crippen molar-refractivity contribution in [3.63, 3.8) is 0 Å². The monoisotopic (exact) mass is 332 g/mol. The first-order chi connectivity index (χ1) is 11.6. The molecule has 1 aromatic rings. The number of rotatable bonds is 3. The fourth-order valence-electron chi connectivity index (χ4n) is 3.42. The number of hydrogen-bond acceptors (Lipinski definition) is 4. The van der Waals surface area contributed by atoms with Crippen LogP contribution in [0.4, 0.5) is 10.6 Å². The van der Waals surface area contributed by atoms with E-state index in [9.17, 15) is 14.7 Å². The summed E-state index contributed by atoms with van der Waals surface area (Å²) in [6, 6.07) is 3.28. The molecule has 2 heterocycles. The second-order valence-corrected chi connectivity index (χ2v) is 6.58. The van der Waals surface area contributed by atoms with E-state index in [-0.39, 0.29) is 35.5 Å². The van der Waals surface area contributed by atoms with Gasteiger partial charge in [-0.1, -0.05) is 12.8 Å². The summed E-state index contributed by atoms with van der Waals surface area (Å²) in [5, 5.41) is 15.4. The number of aromatic hydroxyl groups is 1. The predicted octanol–water partition coefficient (Wildman–Crippen LogP) is 2.09. The van der Waals surface area contributed by atoms with Gasteiger partial charge in [-0.25, -0.2) is 9.78 Å². The normalized spacial score (nSPS) is 21.5. The molecule has 7 nitrogen and oxygen atoms in total. The van der Waals surface area contributed by atoms with Gasteiger partial charge in [0.15, 0.2) is 11.6 Å². The molecular formula is C17H24N4O3. The fourth-order valence-corrected chi connectivity index (χ4v) is 3.42. The highest BCUT2D eigenvalue weighted by molar-refractivity contribution is 5.93. The molecule has 24 heavy (non-hydrogen) atoms. The van der Waals surface area contributed by atoms with Crippen molar-refractivity contribution in [3.05, 3.63) is 18.3 Å². The zero-order valence-electron chi connectivity index (χ0n) is 13.7. The Labute approximate surface area is 141 Å². The minimum Gasteiger partial charge on any atom is -0.504 e. The summed E-state index contributed by atoms with van der Waals surface area (Å²) >= 11 is 0. The molecule has 3 N–H and O–H groups in total. The minimum absolute atomic E-state index is 0.0579. The molecule has 0 aromatic carbocycles. The second kappa shape index (κ2) is 7.51. The number of piperidine rings is 1. The lowest BCUT2D eigenvalue weighted by atomic mass is 9.97. The van der Waals surface area contributed by atoms with Crippen LogP contribution in [0.5, 0.6) is 5.75 Å². The summed E-state index contributed by atoms with van der Waals surface area (Å²) in [7, 11) is 0. The van der Waals surface area contributed by atoms with E-state index in [1.807, 2.05) is 0 Å². The molecule has 1 aliphatic heterocycles. The molecule has 0 spiro atoms. The van der Waals surface area contributed by atoms with Gasteiger partial charge >= 0.3 is 6.03 Å². The summed E-state index contributed by atoms with van der Waals surface area (Å²) in [4.78, 5) is 30.5. The first-order valence-electron chi connectivity index (χ1n) is 8.64. The topological polar surface area (TPSA) is 94.6 Å². The molecule has 0 bridgehead atoms. The van der Waals surface area contributed by atoms with Gasteiger partial charge in [0.05, 0.1) is 5.92 Å². The number of nitrogens with zero attached hydrogens (tertiary/aromatic N) is 2. The summed E-state index contributed by atoms with van der Waals surface area (Å²) in [6.07, 6.45) is 7.46. The summed E-state index contributed by atoms with van der Waals surface area (Å²) in [5.74, 6) is -0.385. The molecule has 2 aliphatic rings. The van der Waals surface area contributed by atoms with E-state index < -0.39 is 0 Å². The number of hydrogen-bond donors (Lipinski definition) is 3. The van der Waals surface area contributed by atoms with Crippen molar-refractivity contribution in [3.8, 4) is 5.75 Å². The van der Waals surface area contributed by atoms with E-state index in [4.69, 9.17) is 0 Å². The third kappa shape index (κ3) is 3.96. The Morgan fingerprint density at radius 3 is 2.75 bits per heavy atom. The molecule has 1 saturated carbocycles. The van der Waals surface area contributed by atoms with Crippen LogP contribution >= 0.6 is 0 Å². The minimum atomic E-state index is -0.283. The van der Waals surface area contributed by atoms with Crippen LogP contribution in [-0.2, 0) is 4.79 Å². The van der Waals surface area contributed by atoms with Crippen molar-refractivity contribution in [2.24, 2.45) is 5.92 Å². The zero-order chi connectivity index (χ0) is 16.9. The van der Waals surface area contributed by atoms with Crippen LogP contribution in [0.15, 0.2) is 18.3 Å². The smallest absolute Gasteiger partial charge is 0.317 e. The summed E-state index contributed by atoms with van der Waals surface area (Å²) in [5.41, 5.74) is 0. The van der Waals surface area contributed by atoms with Gasteiger partial charge in [-0.2, -0.15) is 0 Å². The third-order valence-corrected chi connectivity index (χ3v) is 4.79. The molecule has 3 rings (SSSR count). The highest BCUT2D eigenvalue weighted by Crippen LogP contribution is 2.23. The molecule has 1 aromatic heterocycles. The second-order valence-electron chi connectivity index (χ2n) is 6.58. The van der Waals surface area contributed by atoms with E-state index in [0.717, 1.165) is 25.7 Å². The van der Waals surface area contributed by atoms with Crippen molar-refractivity contribution in [1.82, 2.24) is 15.2 Å². The molecule has 130 valence electrons. The van der Waals surface area contributed by atoms with Crippen molar-refractivity contribution < 1.29 is 14.7 Å². The Hall–Kier alpha value is -2.31. The van der Waals surface area contributed by atoms with Crippen LogP contribution in [0, 0.1) is 5.92 Å². The number of urea groups is 1. The Morgan fingerprint density at radius 2 is 2.00 bits per heavy atom. The van der Waals surface area contributed by atoms with Gasteiger partial charge in [0.1, 0.15) is 0 Å². The molecule has 1 saturated heterocycles. The maximum atomic E-state index is 12.4. The molecule has 0 unspecified atom stereocenters. The average Bonchev–Trinajstić information content (AvgIpc) is 3.10. The Balaban J connectivity index is 1.55. The van der Waals surface area contributed by atoms with Gasteiger partial charge in [0.2, 0.25) is 5.91 Å². The lowest BCUT2D eigenvalue weighted by Gasteiger charge is -2.32. The Morgan fingerprint density at radius 1 is 1.21 bits per heavy atom. The number of carbonyl (C=O) groups excluding carboxylic acids is 2. The van der Waals surface area contributed by atoms with E-state index in [1.54, 1.807) is 11.0 Å². The Bertz CT molecular complexity index is 601. The largest absolute Gasteiger partial charge is 0.504 e. The number of aromatic nitrogens is 1. The van der Waals surface area contributed by atoms with Crippen molar-refractivity contribution in [2.75, 3.05) is 18.4 Å². The van der Waals surface area contributed by atoms with Crippen LogP contribution in [0.25, 0.3) is 0 Å². The van der Waals surface area contributed by atoms with E-state index in [1.165, 1.54) is 25.1 Å². The van der Waals surface area contributed by atoms with Crippen molar-refractivity contribution >= 4 is 17.8 Å². The number of nitrogens with one attached hydrogen (secondary N) is 2. The van der Waals surface area contributed by atoms with Crippen LogP contribution < -0.4 is 10.6 Å². The van der Waals surface area contributed by atoms with Gasteiger partial charge < -0.3 is 20.6 Å². The van der Waals surface area contributed by atoms with Crippen LogP contribution in [-0.4, -0.2) is 46.1 Å². The van der Waals surface area contributed by atoms with Crippen molar-refractivity contribution in [2.45, 2.75) is 44.6 Å². The lowest BCUT2D eigenvalue weighted by molar-refractivity contribution is -0.121. The van der Waals surface area contributed by atoms with Crippen LogP contribution in [0.2, 0.25) is 0 Å². The predicted molar refractivity (Wildman–Crippen MR) is 89.6 cm³/mol. The van der Waals surface area contributed by atoms with Crippen LogP contribution in [0.1, 0.15) is 38.5 Å². The number of anilines is 1. The number of amides is 3. The number of carbonyl (C=O) groups is 2. The van der Waals surface area contributed by atoms with Gasteiger partial charge in [-0.05, 0) is 37.8 Å². The van der Waals surface area contributed by atoms with E-state index in [0.29, 0.717) is 13.1 Å². The Kier molecular flexibility index (Phi) is 5.17. The van der Waals surface area contributed by atoms with Gasteiger partial charge in [0, 0.05) is 25.3 Å². The highest BCUT2D eigenvalue weighted by atomic mass is 16.3. The van der Waals surface area contributed by atoms with Gasteiger partial charge in [-0.15, -0.1) is 0 Å². The first kappa shape index (κ1) is 16.5. The summed E-state index contributed by atoms with van der Waals surface area (Å²) in [6.45, 7) is 1.08. The first-order valence-corrected chi connectivity index (χ1v) is 8.64. The molecule has 2 fully saturated rings. The molecule has 1 atom stereocenters. The van der Waals surface area contributed by atoms with Crippen LogP contribution in [0.3, 0.4) is 0 Å². The van der Waals surface area contributed by atoms with E-state index in [2.05, 4.69) is 15.6 Å². The highest BCUT2D eigenvalue weighted by Gasteiger charge is 2.30. The number of likely N-dealkylation sites (tertiary alicyclic amines) is 1. The maximum Gasteiger partial charge on any atom is 0.317 e.